The zero-order valence-electron chi connectivity index (χ0n) is 14.0. The Bertz CT molecular complexity index is 1070. The number of carbonyl (C=O) groups excluding carboxylic acids is 1. The van der Waals surface area contributed by atoms with E-state index in [1.54, 1.807) is 36.2 Å². The van der Waals surface area contributed by atoms with Crippen LogP contribution in [-0.2, 0) is 0 Å². The van der Waals surface area contributed by atoms with E-state index in [1.165, 1.54) is 0 Å². The Hall–Kier alpha value is -3.74. The number of anilines is 1. The van der Waals surface area contributed by atoms with Crippen LogP contribution in [0.4, 0.5) is 5.69 Å². The fraction of sp³-hybridized carbons (Fsp3) is 0.0526. The number of nitrogens with one attached hydrogen (secondary N) is 1. The molecule has 0 fully saturated rings. The van der Waals surface area contributed by atoms with Crippen molar-refractivity contribution in [1.29, 1.82) is 0 Å². The normalized spacial score (nSPS) is 10.7. The number of ether oxygens (including phenoxy) is 1. The van der Waals surface area contributed by atoms with Gasteiger partial charge in [0, 0.05) is 11.3 Å². The number of carbonyl (C=O) groups is 1. The number of methoxy groups -OCH3 is 1. The van der Waals surface area contributed by atoms with Crippen LogP contribution in [0.25, 0.3) is 16.9 Å². The van der Waals surface area contributed by atoms with Gasteiger partial charge in [0.2, 0.25) is 0 Å². The molecule has 0 unspecified atom stereocenters. The molecule has 7 heteroatoms. The van der Waals surface area contributed by atoms with E-state index in [2.05, 4.69) is 20.6 Å². The molecule has 0 aliphatic heterocycles. The summed E-state index contributed by atoms with van der Waals surface area (Å²) in [4.78, 5) is 12.4. The molecule has 0 saturated heterocycles. The summed E-state index contributed by atoms with van der Waals surface area (Å²) in [6.07, 6.45) is 1.56. The lowest BCUT2D eigenvalue weighted by atomic mass is 10.1. The number of fused-ring (bicyclic) bond motifs is 1. The molecule has 4 rings (SSSR count). The molecule has 0 saturated carbocycles. The van der Waals surface area contributed by atoms with Crippen LogP contribution in [0.2, 0.25) is 0 Å². The third-order valence-corrected chi connectivity index (χ3v) is 3.95. The van der Waals surface area contributed by atoms with Gasteiger partial charge < -0.3 is 10.1 Å². The molecule has 0 bridgehead atoms. The number of hydrogen-bond donors (Lipinski definition) is 1. The highest BCUT2D eigenvalue weighted by Crippen LogP contribution is 2.22. The Balaban J connectivity index is 1.55. The number of benzene rings is 2. The van der Waals surface area contributed by atoms with Gasteiger partial charge in [-0.25, -0.2) is 0 Å². The van der Waals surface area contributed by atoms with Crippen LogP contribution in [-0.4, -0.2) is 32.8 Å². The summed E-state index contributed by atoms with van der Waals surface area (Å²) in [7, 11) is 1.54. The van der Waals surface area contributed by atoms with Crippen molar-refractivity contribution >= 4 is 17.2 Å². The number of rotatable bonds is 4. The van der Waals surface area contributed by atoms with Crippen LogP contribution in [0.1, 0.15) is 10.4 Å². The highest BCUT2D eigenvalue weighted by molar-refractivity contribution is 6.06. The van der Waals surface area contributed by atoms with Gasteiger partial charge in [-0.3, -0.25) is 4.79 Å². The standard InChI is InChI=1S/C19H15N5O2/c1-26-17-5-3-2-4-15(17)19(25)21-14-8-6-13(7-9-14)16-10-11-18-22-20-12-24(18)23-16/h2-12H,1H3,(H,21,25). The van der Waals surface area contributed by atoms with Crippen LogP contribution in [0.5, 0.6) is 5.75 Å². The zero-order valence-corrected chi connectivity index (χ0v) is 14.0. The van der Waals surface area contributed by atoms with E-state index in [0.717, 1.165) is 11.3 Å². The fourth-order valence-corrected chi connectivity index (χ4v) is 2.64. The minimum atomic E-state index is -0.223. The SMILES string of the molecule is COc1ccccc1C(=O)Nc1ccc(-c2ccc3nncn3n2)cc1. The molecule has 0 spiro atoms. The van der Waals surface area contributed by atoms with Crippen LogP contribution < -0.4 is 10.1 Å². The van der Waals surface area contributed by atoms with Crippen molar-refractivity contribution in [2.24, 2.45) is 0 Å². The van der Waals surface area contributed by atoms with Gasteiger partial charge in [0.25, 0.3) is 5.91 Å². The molecule has 128 valence electrons. The second kappa shape index (κ2) is 6.64. The molecular formula is C19H15N5O2. The topological polar surface area (TPSA) is 81.4 Å². The smallest absolute Gasteiger partial charge is 0.259 e. The van der Waals surface area contributed by atoms with E-state index < -0.39 is 0 Å². The number of amides is 1. The summed E-state index contributed by atoms with van der Waals surface area (Å²) < 4.78 is 6.85. The second-order valence-electron chi connectivity index (χ2n) is 5.58. The molecule has 2 aromatic heterocycles. The lowest BCUT2D eigenvalue weighted by molar-refractivity contribution is 0.102. The average Bonchev–Trinajstić information content (AvgIpc) is 3.16. The molecule has 2 heterocycles. The first kappa shape index (κ1) is 15.8. The van der Waals surface area contributed by atoms with Crippen molar-refractivity contribution in [3.8, 4) is 17.0 Å². The fourth-order valence-electron chi connectivity index (χ4n) is 2.64. The van der Waals surface area contributed by atoms with Crippen molar-refractivity contribution in [2.45, 2.75) is 0 Å². The van der Waals surface area contributed by atoms with E-state index >= 15 is 0 Å². The van der Waals surface area contributed by atoms with Gasteiger partial charge in [0.05, 0.1) is 18.4 Å². The highest BCUT2D eigenvalue weighted by atomic mass is 16.5. The molecule has 0 aliphatic carbocycles. The quantitative estimate of drug-likeness (QED) is 0.615. The predicted octanol–water partition coefficient (Wildman–Crippen LogP) is 3.05. The van der Waals surface area contributed by atoms with E-state index in [0.29, 0.717) is 22.6 Å². The van der Waals surface area contributed by atoms with Crippen LogP contribution >= 0.6 is 0 Å². The Morgan fingerprint density at radius 3 is 2.65 bits per heavy atom. The summed E-state index contributed by atoms with van der Waals surface area (Å²) in [6, 6.07) is 18.3. The molecule has 1 N–H and O–H groups in total. The maximum atomic E-state index is 12.4. The van der Waals surface area contributed by atoms with Gasteiger partial charge in [-0.1, -0.05) is 24.3 Å². The van der Waals surface area contributed by atoms with Crippen LogP contribution in [0.3, 0.4) is 0 Å². The predicted molar refractivity (Wildman–Crippen MR) is 97.2 cm³/mol. The number of para-hydroxylation sites is 1. The molecule has 2 aromatic carbocycles. The van der Waals surface area contributed by atoms with Crippen LogP contribution in [0.15, 0.2) is 67.0 Å². The van der Waals surface area contributed by atoms with Gasteiger partial charge in [0.1, 0.15) is 12.1 Å². The van der Waals surface area contributed by atoms with Gasteiger partial charge >= 0.3 is 0 Å². The second-order valence-corrected chi connectivity index (χ2v) is 5.58. The largest absolute Gasteiger partial charge is 0.496 e. The zero-order chi connectivity index (χ0) is 17.9. The molecule has 7 nitrogen and oxygen atoms in total. The van der Waals surface area contributed by atoms with E-state index in [-0.39, 0.29) is 5.91 Å². The Morgan fingerprint density at radius 1 is 1.04 bits per heavy atom. The summed E-state index contributed by atoms with van der Waals surface area (Å²) in [5.41, 5.74) is 3.58. The number of hydrogen-bond acceptors (Lipinski definition) is 5. The van der Waals surface area contributed by atoms with Gasteiger partial charge in [-0.2, -0.15) is 9.61 Å². The van der Waals surface area contributed by atoms with Crippen molar-refractivity contribution in [1.82, 2.24) is 19.8 Å². The van der Waals surface area contributed by atoms with Crippen molar-refractivity contribution in [3.63, 3.8) is 0 Å². The lowest BCUT2D eigenvalue weighted by Crippen LogP contribution is -2.13. The minimum Gasteiger partial charge on any atom is -0.496 e. The molecule has 4 aromatic rings. The minimum absolute atomic E-state index is 0.223. The maximum Gasteiger partial charge on any atom is 0.259 e. The van der Waals surface area contributed by atoms with E-state index in [1.807, 2.05) is 42.5 Å². The molecule has 26 heavy (non-hydrogen) atoms. The third-order valence-electron chi connectivity index (χ3n) is 3.95. The Morgan fingerprint density at radius 2 is 1.85 bits per heavy atom. The maximum absolute atomic E-state index is 12.4. The monoisotopic (exact) mass is 345 g/mol. The van der Waals surface area contributed by atoms with Gasteiger partial charge in [-0.15, -0.1) is 10.2 Å². The van der Waals surface area contributed by atoms with Crippen LogP contribution in [0, 0.1) is 0 Å². The molecule has 1 amide bonds. The Labute approximate surface area is 149 Å². The van der Waals surface area contributed by atoms with Crippen molar-refractivity contribution < 1.29 is 9.53 Å². The van der Waals surface area contributed by atoms with E-state index in [4.69, 9.17) is 4.74 Å². The molecular weight excluding hydrogens is 330 g/mol. The molecule has 0 radical (unpaired) electrons. The first-order chi connectivity index (χ1) is 12.7. The lowest BCUT2D eigenvalue weighted by Gasteiger charge is -2.09. The number of aromatic nitrogens is 4. The van der Waals surface area contributed by atoms with E-state index in [9.17, 15) is 4.79 Å². The summed E-state index contributed by atoms with van der Waals surface area (Å²) in [5, 5.41) is 15.1. The highest BCUT2D eigenvalue weighted by Gasteiger charge is 2.11. The summed E-state index contributed by atoms with van der Waals surface area (Å²) >= 11 is 0. The first-order valence-electron chi connectivity index (χ1n) is 7.96. The number of nitrogens with zero attached hydrogens (tertiary/aromatic N) is 4. The van der Waals surface area contributed by atoms with Crippen molar-refractivity contribution in [2.75, 3.05) is 12.4 Å². The Kier molecular flexibility index (Phi) is 4.03. The first-order valence-corrected chi connectivity index (χ1v) is 7.96. The third kappa shape index (κ3) is 2.98. The average molecular weight is 345 g/mol. The molecule has 0 aliphatic rings. The van der Waals surface area contributed by atoms with Gasteiger partial charge in [-0.05, 0) is 36.4 Å². The van der Waals surface area contributed by atoms with Crippen molar-refractivity contribution in [3.05, 3.63) is 72.6 Å². The summed E-state index contributed by atoms with van der Waals surface area (Å²) in [5.74, 6) is 0.312. The van der Waals surface area contributed by atoms with Gasteiger partial charge in [0.15, 0.2) is 5.65 Å². The molecule has 0 atom stereocenters. The summed E-state index contributed by atoms with van der Waals surface area (Å²) in [6.45, 7) is 0.